The van der Waals surface area contributed by atoms with Gasteiger partial charge in [0, 0.05) is 57.2 Å². The van der Waals surface area contributed by atoms with Gasteiger partial charge in [0.05, 0.1) is 23.9 Å². The Balaban J connectivity index is 1.63. The van der Waals surface area contributed by atoms with Crippen molar-refractivity contribution in [1.82, 2.24) is 19.8 Å². The average Bonchev–Trinajstić information content (AvgIpc) is 3.74. The maximum absolute atomic E-state index is 13.5. The molecule has 2 aromatic rings. The third-order valence-electron chi connectivity index (χ3n) is 6.71. The Hall–Kier alpha value is -3.53. The van der Waals surface area contributed by atoms with E-state index < -0.39 is 5.91 Å². The molecule has 2 heterocycles. The second-order valence-electron chi connectivity index (χ2n) is 9.62. The number of carbonyl (C=O) groups excluding carboxylic acids is 3. The molecule has 1 fully saturated rings. The second kappa shape index (κ2) is 11.0. The maximum atomic E-state index is 13.5. The number of likely N-dealkylation sites (N-methyl/N-ethyl adjacent to an activating group) is 1. The minimum absolute atomic E-state index is 0.00639. The molecule has 192 valence electrons. The van der Waals surface area contributed by atoms with Crippen LogP contribution in [-0.4, -0.2) is 83.5 Å². The van der Waals surface area contributed by atoms with Crippen LogP contribution in [0.25, 0.3) is 0 Å². The summed E-state index contributed by atoms with van der Waals surface area (Å²) < 4.78 is 11.8. The quantitative estimate of drug-likeness (QED) is 0.693. The van der Waals surface area contributed by atoms with Gasteiger partial charge in [0.1, 0.15) is 18.1 Å². The zero-order valence-electron chi connectivity index (χ0n) is 21.1. The summed E-state index contributed by atoms with van der Waals surface area (Å²) in [6.45, 7) is 5.10. The standard InChI is InChI=1S/C26H33N5O5/c1-16-13-31(25(33)18-5-6-18)17(2)15-36-22-8-7-19(29-24(32)21-12-27-9-10-28-21)11-20(22)26(34)30(3)14-23(16)35-4/h7-12,16-18,23H,5-6,13-15H2,1-4H3,(H,29,32)/t16-,17-,23-/m0/s1. The molecule has 1 N–H and O–H groups in total. The first kappa shape index (κ1) is 25.6. The Morgan fingerprint density at radius 1 is 1.17 bits per heavy atom. The number of hydrogen-bond donors (Lipinski definition) is 1. The number of nitrogens with one attached hydrogen (secondary N) is 1. The average molecular weight is 496 g/mol. The Morgan fingerprint density at radius 3 is 2.61 bits per heavy atom. The fraction of sp³-hybridized carbons (Fsp3) is 0.500. The number of fused-ring (bicyclic) bond motifs is 1. The molecule has 10 nitrogen and oxygen atoms in total. The van der Waals surface area contributed by atoms with E-state index in [9.17, 15) is 14.4 Å². The predicted octanol–water partition coefficient (Wildman–Crippen LogP) is 2.47. The van der Waals surface area contributed by atoms with E-state index in [4.69, 9.17) is 9.47 Å². The lowest BCUT2D eigenvalue weighted by atomic mass is 10.0. The van der Waals surface area contributed by atoms with Gasteiger partial charge >= 0.3 is 0 Å². The third kappa shape index (κ3) is 5.81. The Morgan fingerprint density at radius 2 is 1.94 bits per heavy atom. The molecule has 0 spiro atoms. The number of benzene rings is 1. The van der Waals surface area contributed by atoms with Crippen LogP contribution < -0.4 is 10.1 Å². The molecule has 1 saturated carbocycles. The van der Waals surface area contributed by atoms with Gasteiger partial charge in [-0.15, -0.1) is 0 Å². The molecule has 1 aromatic heterocycles. The number of aromatic nitrogens is 2. The van der Waals surface area contributed by atoms with Crippen molar-refractivity contribution in [1.29, 1.82) is 0 Å². The Labute approximate surface area is 211 Å². The van der Waals surface area contributed by atoms with Crippen molar-refractivity contribution in [2.24, 2.45) is 11.8 Å². The monoisotopic (exact) mass is 495 g/mol. The van der Waals surface area contributed by atoms with E-state index in [1.54, 1.807) is 37.3 Å². The van der Waals surface area contributed by atoms with E-state index in [0.29, 0.717) is 30.1 Å². The van der Waals surface area contributed by atoms with Crippen LogP contribution in [0.4, 0.5) is 5.69 Å². The summed E-state index contributed by atoms with van der Waals surface area (Å²) in [6, 6.07) is 4.74. The molecule has 36 heavy (non-hydrogen) atoms. The molecule has 0 unspecified atom stereocenters. The van der Waals surface area contributed by atoms with Crippen LogP contribution in [0.2, 0.25) is 0 Å². The van der Waals surface area contributed by atoms with Crippen molar-refractivity contribution in [2.75, 3.05) is 39.2 Å². The predicted molar refractivity (Wildman–Crippen MR) is 133 cm³/mol. The minimum Gasteiger partial charge on any atom is -0.491 e. The van der Waals surface area contributed by atoms with Gasteiger partial charge in [-0.1, -0.05) is 6.92 Å². The second-order valence-corrected chi connectivity index (χ2v) is 9.62. The number of nitrogens with zero attached hydrogens (tertiary/aromatic N) is 4. The van der Waals surface area contributed by atoms with Crippen LogP contribution in [-0.2, 0) is 9.53 Å². The summed E-state index contributed by atoms with van der Waals surface area (Å²) in [5.41, 5.74) is 0.901. The fourth-order valence-electron chi connectivity index (χ4n) is 4.34. The van der Waals surface area contributed by atoms with Gasteiger partial charge in [-0.3, -0.25) is 19.4 Å². The van der Waals surface area contributed by atoms with E-state index >= 15 is 0 Å². The number of anilines is 1. The number of hydrogen-bond acceptors (Lipinski definition) is 7. The molecule has 3 atom stereocenters. The summed E-state index contributed by atoms with van der Waals surface area (Å²) in [5, 5.41) is 2.76. The molecule has 4 rings (SSSR count). The van der Waals surface area contributed by atoms with E-state index in [1.165, 1.54) is 18.6 Å². The molecule has 1 aliphatic heterocycles. The smallest absolute Gasteiger partial charge is 0.275 e. The largest absolute Gasteiger partial charge is 0.491 e. The third-order valence-corrected chi connectivity index (χ3v) is 6.71. The van der Waals surface area contributed by atoms with Gasteiger partial charge in [-0.2, -0.15) is 0 Å². The normalized spacial score (nSPS) is 23.1. The van der Waals surface area contributed by atoms with Crippen LogP contribution in [0, 0.1) is 11.8 Å². The van der Waals surface area contributed by atoms with Crippen molar-refractivity contribution in [3.05, 3.63) is 48.0 Å². The molecular weight excluding hydrogens is 462 g/mol. The zero-order valence-corrected chi connectivity index (χ0v) is 21.1. The van der Waals surface area contributed by atoms with Crippen molar-refractivity contribution >= 4 is 23.4 Å². The lowest BCUT2D eigenvalue weighted by molar-refractivity contribution is -0.136. The minimum atomic E-state index is -0.436. The number of ether oxygens (including phenoxy) is 2. The number of methoxy groups -OCH3 is 1. The van der Waals surface area contributed by atoms with Crippen molar-refractivity contribution in [3.8, 4) is 5.75 Å². The molecule has 0 radical (unpaired) electrons. The number of carbonyl (C=O) groups is 3. The Kier molecular flexibility index (Phi) is 7.83. The summed E-state index contributed by atoms with van der Waals surface area (Å²) >= 11 is 0. The molecule has 0 bridgehead atoms. The topological polar surface area (TPSA) is 114 Å². The number of amides is 3. The summed E-state index contributed by atoms with van der Waals surface area (Å²) in [5.74, 6) is -0.0605. The van der Waals surface area contributed by atoms with Gasteiger partial charge in [-0.25, -0.2) is 4.98 Å². The molecule has 1 aromatic carbocycles. The highest BCUT2D eigenvalue weighted by molar-refractivity contribution is 6.04. The van der Waals surface area contributed by atoms with Gasteiger partial charge in [0.25, 0.3) is 11.8 Å². The van der Waals surface area contributed by atoms with E-state index in [0.717, 1.165) is 12.8 Å². The summed E-state index contributed by atoms with van der Waals surface area (Å²) in [7, 11) is 3.33. The first-order chi connectivity index (χ1) is 17.3. The lowest BCUT2D eigenvalue weighted by Gasteiger charge is -2.36. The van der Waals surface area contributed by atoms with Crippen LogP contribution in [0.15, 0.2) is 36.8 Å². The van der Waals surface area contributed by atoms with Crippen LogP contribution >= 0.6 is 0 Å². The molecular formula is C26H33N5O5. The highest BCUT2D eigenvalue weighted by Crippen LogP contribution is 2.33. The van der Waals surface area contributed by atoms with Gasteiger partial charge in [0.2, 0.25) is 5.91 Å². The first-order valence-corrected chi connectivity index (χ1v) is 12.2. The molecule has 10 heteroatoms. The van der Waals surface area contributed by atoms with E-state index in [1.807, 2.05) is 18.7 Å². The van der Waals surface area contributed by atoms with E-state index in [2.05, 4.69) is 15.3 Å². The summed E-state index contributed by atoms with van der Waals surface area (Å²) in [6.07, 6.45) is 5.88. The lowest BCUT2D eigenvalue weighted by Crippen LogP contribution is -2.49. The number of rotatable bonds is 4. The highest BCUT2D eigenvalue weighted by atomic mass is 16.5. The molecule has 1 aliphatic carbocycles. The van der Waals surface area contributed by atoms with Crippen LogP contribution in [0.5, 0.6) is 5.75 Å². The van der Waals surface area contributed by atoms with Crippen molar-refractivity contribution in [3.63, 3.8) is 0 Å². The maximum Gasteiger partial charge on any atom is 0.275 e. The van der Waals surface area contributed by atoms with Gasteiger partial charge < -0.3 is 24.6 Å². The molecule has 0 saturated heterocycles. The summed E-state index contributed by atoms with van der Waals surface area (Å²) in [4.78, 5) is 50.5. The van der Waals surface area contributed by atoms with Crippen molar-refractivity contribution in [2.45, 2.75) is 38.8 Å². The highest BCUT2D eigenvalue weighted by Gasteiger charge is 2.37. The van der Waals surface area contributed by atoms with Gasteiger partial charge in [0.15, 0.2) is 0 Å². The van der Waals surface area contributed by atoms with E-state index in [-0.39, 0.29) is 48.1 Å². The molecule has 2 aliphatic rings. The zero-order chi connectivity index (χ0) is 25.8. The Bertz CT molecular complexity index is 1110. The van der Waals surface area contributed by atoms with Crippen LogP contribution in [0.1, 0.15) is 47.5 Å². The van der Waals surface area contributed by atoms with Gasteiger partial charge in [-0.05, 0) is 38.0 Å². The van der Waals surface area contributed by atoms with Crippen molar-refractivity contribution < 1.29 is 23.9 Å². The first-order valence-electron chi connectivity index (χ1n) is 12.2. The van der Waals surface area contributed by atoms with Crippen LogP contribution in [0.3, 0.4) is 0 Å². The SMILES string of the molecule is CO[C@H]1CN(C)C(=O)c2cc(NC(=O)c3cnccn3)ccc2OC[C@H](C)N(C(=O)C2CC2)C[C@@H]1C. The molecule has 3 amide bonds. The fourth-order valence-corrected chi connectivity index (χ4v) is 4.34.